The monoisotopic (exact) mass is 481 g/mol. The largest absolute Gasteiger partial charge is 0.479 e. The molecule has 180 valence electrons. The average molecular weight is 482 g/mol. The summed E-state index contributed by atoms with van der Waals surface area (Å²) in [6.45, 7) is 4.66. The van der Waals surface area contributed by atoms with Gasteiger partial charge in [-0.2, -0.15) is 24.4 Å². The lowest BCUT2D eigenvalue weighted by atomic mass is 9.85. The second kappa shape index (κ2) is 15.2. The van der Waals surface area contributed by atoms with E-state index >= 15 is 0 Å². The van der Waals surface area contributed by atoms with E-state index in [1.54, 1.807) is 11.8 Å². The molecular formula is C24H39N3O3S2. The Bertz CT molecular complexity index is 758. The molecule has 0 aliphatic heterocycles. The van der Waals surface area contributed by atoms with Gasteiger partial charge in [-0.1, -0.05) is 44.1 Å². The normalized spacial score (nSPS) is 14.2. The van der Waals surface area contributed by atoms with Crippen LogP contribution in [0, 0.1) is 6.92 Å². The van der Waals surface area contributed by atoms with E-state index < -0.39 is 11.5 Å². The minimum atomic E-state index is -1.36. The fraction of sp³-hybridized carbons (Fsp3) is 0.583. The summed E-state index contributed by atoms with van der Waals surface area (Å²) in [6, 6.07) is 5.70. The highest BCUT2D eigenvalue weighted by atomic mass is 32.2. The van der Waals surface area contributed by atoms with Gasteiger partial charge in [-0.15, -0.1) is 0 Å². The summed E-state index contributed by atoms with van der Waals surface area (Å²) in [4.78, 5) is 25.1. The molecule has 0 fully saturated rings. The third-order valence-corrected chi connectivity index (χ3v) is 6.52. The van der Waals surface area contributed by atoms with E-state index in [0.29, 0.717) is 24.5 Å². The molecule has 1 rings (SSSR count). The maximum atomic E-state index is 12.6. The van der Waals surface area contributed by atoms with Crippen molar-refractivity contribution in [2.24, 2.45) is 5.73 Å². The zero-order valence-corrected chi connectivity index (χ0v) is 21.2. The van der Waals surface area contributed by atoms with Crippen LogP contribution in [0.5, 0.6) is 0 Å². The molecule has 32 heavy (non-hydrogen) atoms. The Morgan fingerprint density at radius 1 is 1.34 bits per heavy atom. The van der Waals surface area contributed by atoms with Crippen LogP contribution in [0.3, 0.4) is 0 Å². The number of hydrogen-bond acceptors (Lipinski definition) is 6. The van der Waals surface area contributed by atoms with E-state index in [0.717, 1.165) is 36.1 Å². The van der Waals surface area contributed by atoms with E-state index in [4.69, 9.17) is 5.73 Å². The summed E-state index contributed by atoms with van der Waals surface area (Å²) in [5.41, 5.74) is 7.35. The molecule has 0 unspecified atom stereocenters. The second-order valence-electron chi connectivity index (χ2n) is 8.09. The highest BCUT2D eigenvalue weighted by Gasteiger charge is 2.40. The highest BCUT2D eigenvalue weighted by Crippen LogP contribution is 2.26. The van der Waals surface area contributed by atoms with Crippen molar-refractivity contribution in [3.63, 3.8) is 0 Å². The number of nitrogens with two attached hydrogens (primary N) is 1. The van der Waals surface area contributed by atoms with Crippen LogP contribution in [0.2, 0.25) is 0 Å². The van der Waals surface area contributed by atoms with Crippen LogP contribution in [0.4, 0.5) is 5.69 Å². The Labute approximate surface area is 202 Å². The summed E-state index contributed by atoms with van der Waals surface area (Å²) >= 11 is 5.78. The molecule has 0 saturated carbocycles. The van der Waals surface area contributed by atoms with Crippen molar-refractivity contribution < 1.29 is 14.7 Å². The Morgan fingerprint density at radius 2 is 2.09 bits per heavy atom. The number of nitrogens with one attached hydrogen (secondary N) is 2. The lowest BCUT2D eigenvalue weighted by molar-refractivity contribution is -0.147. The number of allylic oxidation sites excluding steroid dienone is 1. The number of amides is 1. The van der Waals surface area contributed by atoms with Gasteiger partial charge in [0.15, 0.2) is 0 Å². The molecule has 0 aliphatic carbocycles. The Morgan fingerprint density at radius 3 is 2.72 bits per heavy atom. The van der Waals surface area contributed by atoms with E-state index in [9.17, 15) is 14.7 Å². The summed E-state index contributed by atoms with van der Waals surface area (Å²) in [7, 11) is 0. The van der Waals surface area contributed by atoms with Gasteiger partial charge in [0, 0.05) is 36.9 Å². The minimum absolute atomic E-state index is 0.0780. The first-order valence-electron chi connectivity index (χ1n) is 11.2. The predicted molar refractivity (Wildman–Crippen MR) is 140 cm³/mol. The van der Waals surface area contributed by atoms with Gasteiger partial charge in [-0.05, 0) is 49.0 Å². The molecule has 1 amide bonds. The highest BCUT2D eigenvalue weighted by molar-refractivity contribution is 7.98. The van der Waals surface area contributed by atoms with Crippen LogP contribution in [-0.2, 0) is 16.0 Å². The summed E-state index contributed by atoms with van der Waals surface area (Å²) in [6.07, 6.45) is 9.59. The van der Waals surface area contributed by atoms with E-state index in [1.165, 1.54) is 0 Å². The van der Waals surface area contributed by atoms with Gasteiger partial charge in [0.05, 0.1) is 0 Å². The smallest absolute Gasteiger partial charge is 0.329 e. The number of hydrogen-bond donors (Lipinski definition) is 5. The van der Waals surface area contributed by atoms with Crippen LogP contribution in [0.25, 0.3) is 0 Å². The summed E-state index contributed by atoms with van der Waals surface area (Å²) in [5.74, 6) is -0.0774. The number of carboxylic acid groups (broad SMARTS) is 1. The minimum Gasteiger partial charge on any atom is -0.479 e. The third-order valence-electron chi connectivity index (χ3n) is 5.44. The van der Waals surface area contributed by atoms with Gasteiger partial charge in [0.1, 0.15) is 5.54 Å². The maximum Gasteiger partial charge on any atom is 0.329 e. The van der Waals surface area contributed by atoms with Crippen molar-refractivity contribution in [1.29, 1.82) is 0 Å². The lowest BCUT2D eigenvalue weighted by Crippen LogP contribution is -2.56. The van der Waals surface area contributed by atoms with Gasteiger partial charge < -0.3 is 21.5 Å². The number of anilines is 1. The molecule has 1 aromatic carbocycles. The molecule has 0 aromatic heterocycles. The average Bonchev–Trinajstić information content (AvgIpc) is 2.77. The third kappa shape index (κ3) is 9.46. The van der Waals surface area contributed by atoms with Gasteiger partial charge in [0.2, 0.25) is 5.91 Å². The number of thioether (sulfide) groups is 1. The SMILES string of the molecule is CCCCC=CCC(=O)N[C@@](CCSC)(Cc1cccc(NC[C@@H](N)CS)c1C)C(=O)O. The standard InChI is InChI=1S/C24H39N3O3S2/c1-4-5-6-7-8-12-22(28)27-24(23(29)30,13-14-32-3)15-19-10-9-11-21(18(19)2)26-16-20(25)17-31/h7-11,20,26,31H,4-6,12-17,25H2,1-3H3,(H,27,28)(H,29,30)/t20-,24+/m1/s1. The zero-order valence-electron chi connectivity index (χ0n) is 19.5. The van der Waals surface area contributed by atoms with Crippen LogP contribution in [0.15, 0.2) is 30.4 Å². The summed E-state index contributed by atoms with van der Waals surface area (Å²) in [5, 5.41) is 16.4. The number of aliphatic carboxylic acids is 1. The second-order valence-corrected chi connectivity index (χ2v) is 9.44. The summed E-state index contributed by atoms with van der Waals surface area (Å²) < 4.78 is 0. The fourth-order valence-corrected chi connectivity index (χ4v) is 4.03. The van der Waals surface area contributed by atoms with Gasteiger partial charge in [-0.3, -0.25) is 4.79 Å². The number of rotatable bonds is 16. The fourth-order valence-electron chi connectivity index (χ4n) is 3.35. The molecule has 0 saturated heterocycles. The van der Waals surface area contributed by atoms with Crippen molar-refractivity contribution in [2.45, 2.75) is 64.0 Å². The maximum absolute atomic E-state index is 12.6. The number of thiol groups is 1. The molecular weight excluding hydrogens is 442 g/mol. The van der Waals surface area contributed by atoms with Gasteiger partial charge in [-0.25, -0.2) is 4.79 Å². The first-order chi connectivity index (χ1) is 15.3. The van der Waals surface area contributed by atoms with Crippen LogP contribution in [-0.4, -0.2) is 52.9 Å². The topological polar surface area (TPSA) is 104 Å². The Balaban J connectivity index is 3.07. The van der Waals surface area contributed by atoms with Crippen LogP contribution >= 0.6 is 24.4 Å². The van der Waals surface area contributed by atoms with Crippen molar-refractivity contribution in [3.8, 4) is 0 Å². The molecule has 0 radical (unpaired) electrons. The molecule has 0 heterocycles. The van der Waals surface area contributed by atoms with Crippen molar-refractivity contribution in [1.82, 2.24) is 5.32 Å². The number of benzene rings is 1. The number of carbonyl (C=O) groups is 2. The van der Waals surface area contributed by atoms with Crippen molar-refractivity contribution >= 4 is 42.0 Å². The molecule has 5 N–H and O–H groups in total. The Kier molecular flexibility index (Phi) is 13.5. The first-order valence-corrected chi connectivity index (χ1v) is 13.2. The Hall–Kier alpha value is -1.64. The molecule has 8 heteroatoms. The predicted octanol–water partition coefficient (Wildman–Crippen LogP) is 4.04. The molecule has 6 nitrogen and oxygen atoms in total. The lowest BCUT2D eigenvalue weighted by Gasteiger charge is -2.31. The van der Waals surface area contributed by atoms with Crippen molar-refractivity contribution in [2.75, 3.05) is 29.6 Å². The molecule has 1 aromatic rings. The molecule has 0 bridgehead atoms. The number of carbonyl (C=O) groups excluding carboxylic acids is 1. The van der Waals surface area contributed by atoms with Gasteiger partial charge in [0.25, 0.3) is 0 Å². The van der Waals surface area contributed by atoms with E-state index in [-0.39, 0.29) is 24.8 Å². The number of unbranched alkanes of at least 4 members (excludes halogenated alkanes) is 2. The quantitative estimate of drug-likeness (QED) is 0.139. The molecule has 0 aliphatic rings. The van der Waals surface area contributed by atoms with E-state index in [2.05, 4.69) is 30.2 Å². The first kappa shape index (κ1) is 28.4. The van der Waals surface area contributed by atoms with Crippen LogP contribution < -0.4 is 16.4 Å². The molecule has 0 spiro atoms. The van der Waals surface area contributed by atoms with Crippen LogP contribution in [0.1, 0.15) is 50.2 Å². The van der Waals surface area contributed by atoms with Crippen molar-refractivity contribution in [3.05, 3.63) is 41.5 Å². The van der Waals surface area contributed by atoms with E-state index in [1.807, 2.05) is 43.5 Å². The molecule has 2 atom stereocenters. The zero-order chi connectivity index (χ0) is 24.0. The van der Waals surface area contributed by atoms with Gasteiger partial charge >= 0.3 is 5.97 Å². The number of carboxylic acids is 1.